The first kappa shape index (κ1) is 10.8. The molecule has 0 radical (unpaired) electrons. The Morgan fingerprint density at radius 3 is 3.12 bits per heavy atom. The van der Waals surface area contributed by atoms with Gasteiger partial charge in [-0.2, -0.15) is 5.10 Å². The number of anilines is 1. The molecule has 0 saturated carbocycles. The Morgan fingerprint density at radius 1 is 1.47 bits per heavy atom. The SMILES string of the molecule is Cn1cc(NC2CCc3cc(Br)ccc32)cn1. The maximum atomic E-state index is 4.18. The molecule has 0 amide bonds. The lowest BCUT2D eigenvalue weighted by Gasteiger charge is -2.13. The molecule has 1 aliphatic rings. The highest BCUT2D eigenvalue weighted by molar-refractivity contribution is 9.10. The van der Waals surface area contributed by atoms with Crippen LogP contribution in [0.25, 0.3) is 0 Å². The summed E-state index contributed by atoms with van der Waals surface area (Å²) in [5.74, 6) is 0. The minimum absolute atomic E-state index is 0.419. The summed E-state index contributed by atoms with van der Waals surface area (Å²) in [6.07, 6.45) is 6.18. The molecule has 4 heteroatoms. The van der Waals surface area contributed by atoms with E-state index in [0.29, 0.717) is 6.04 Å². The molecule has 0 fully saturated rings. The molecule has 2 aromatic rings. The van der Waals surface area contributed by atoms with Crippen molar-refractivity contribution in [2.75, 3.05) is 5.32 Å². The Balaban J connectivity index is 1.84. The van der Waals surface area contributed by atoms with Gasteiger partial charge in [0.05, 0.1) is 17.9 Å². The van der Waals surface area contributed by atoms with Gasteiger partial charge in [0.15, 0.2) is 0 Å². The van der Waals surface area contributed by atoms with E-state index in [2.05, 4.69) is 44.5 Å². The molecule has 3 rings (SSSR count). The number of aromatic nitrogens is 2. The zero-order valence-corrected chi connectivity index (χ0v) is 11.2. The van der Waals surface area contributed by atoms with Crippen molar-refractivity contribution >= 4 is 21.6 Å². The molecule has 3 nitrogen and oxygen atoms in total. The van der Waals surface area contributed by atoms with Crippen LogP contribution in [0.2, 0.25) is 0 Å². The normalized spacial score (nSPS) is 18.1. The van der Waals surface area contributed by atoms with Crippen molar-refractivity contribution in [3.8, 4) is 0 Å². The minimum Gasteiger partial charge on any atom is -0.376 e. The molecule has 1 unspecified atom stereocenters. The van der Waals surface area contributed by atoms with Crippen molar-refractivity contribution in [1.29, 1.82) is 0 Å². The lowest BCUT2D eigenvalue weighted by Crippen LogP contribution is -2.06. The van der Waals surface area contributed by atoms with Crippen molar-refractivity contribution in [1.82, 2.24) is 9.78 Å². The van der Waals surface area contributed by atoms with E-state index in [1.54, 1.807) is 0 Å². The number of nitrogens with zero attached hydrogens (tertiary/aromatic N) is 2. The molecule has 1 aromatic carbocycles. The number of hydrogen-bond donors (Lipinski definition) is 1. The lowest BCUT2D eigenvalue weighted by molar-refractivity contribution is 0.758. The van der Waals surface area contributed by atoms with Gasteiger partial charge in [0.2, 0.25) is 0 Å². The van der Waals surface area contributed by atoms with E-state index >= 15 is 0 Å². The fourth-order valence-corrected chi connectivity index (χ4v) is 2.84. The van der Waals surface area contributed by atoms with Crippen LogP contribution in [0.1, 0.15) is 23.6 Å². The van der Waals surface area contributed by atoms with E-state index in [4.69, 9.17) is 0 Å². The van der Waals surface area contributed by atoms with Crippen LogP contribution in [0.4, 0.5) is 5.69 Å². The summed E-state index contributed by atoms with van der Waals surface area (Å²) < 4.78 is 2.98. The number of hydrogen-bond acceptors (Lipinski definition) is 2. The molecule has 1 aliphatic carbocycles. The highest BCUT2D eigenvalue weighted by Gasteiger charge is 2.22. The summed E-state index contributed by atoms with van der Waals surface area (Å²) >= 11 is 3.52. The molecule has 1 heterocycles. The lowest BCUT2D eigenvalue weighted by atomic mass is 10.1. The van der Waals surface area contributed by atoms with Crippen molar-refractivity contribution in [2.24, 2.45) is 7.05 Å². The van der Waals surface area contributed by atoms with Crippen molar-refractivity contribution in [3.05, 3.63) is 46.2 Å². The molecule has 88 valence electrons. The highest BCUT2D eigenvalue weighted by atomic mass is 79.9. The van der Waals surface area contributed by atoms with Gasteiger partial charge in [-0.15, -0.1) is 0 Å². The summed E-state index contributed by atoms with van der Waals surface area (Å²) in [7, 11) is 1.94. The van der Waals surface area contributed by atoms with Gasteiger partial charge in [-0.05, 0) is 36.1 Å². The quantitative estimate of drug-likeness (QED) is 0.920. The van der Waals surface area contributed by atoms with Gasteiger partial charge in [0, 0.05) is 17.7 Å². The average Bonchev–Trinajstić information content (AvgIpc) is 2.86. The molecule has 17 heavy (non-hydrogen) atoms. The summed E-state index contributed by atoms with van der Waals surface area (Å²) in [5, 5.41) is 7.71. The average molecular weight is 292 g/mol. The Hall–Kier alpha value is -1.29. The largest absolute Gasteiger partial charge is 0.376 e. The van der Waals surface area contributed by atoms with Gasteiger partial charge in [0.25, 0.3) is 0 Å². The van der Waals surface area contributed by atoms with Crippen LogP contribution in [0.15, 0.2) is 35.1 Å². The predicted octanol–water partition coefficient (Wildman–Crippen LogP) is 3.28. The first-order valence-electron chi connectivity index (χ1n) is 5.76. The van der Waals surface area contributed by atoms with Crippen LogP contribution in [0, 0.1) is 0 Å². The van der Waals surface area contributed by atoms with E-state index in [9.17, 15) is 0 Å². The maximum absolute atomic E-state index is 4.18. The van der Waals surface area contributed by atoms with Gasteiger partial charge in [-0.25, -0.2) is 0 Å². The molecular weight excluding hydrogens is 278 g/mol. The monoisotopic (exact) mass is 291 g/mol. The number of aryl methyl sites for hydroxylation is 2. The number of halogens is 1. The summed E-state index contributed by atoms with van der Waals surface area (Å²) in [6, 6.07) is 6.96. The molecule has 1 N–H and O–H groups in total. The standard InChI is InChI=1S/C13H14BrN3/c1-17-8-11(7-15-17)16-13-5-2-9-6-10(14)3-4-12(9)13/h3-4,6-8,13,16H,2,5H2,1H3. The van der Waals surface area contributed by atoms with Crippen molar-refractivity contribution < 1.29 is 0 Å². The van der Waals surface area contributed by atoms with Gasteiger partial charge >= 0.3 is 0 Å². The maximum Gasteiger partial charge on any atom is 0.0731 e. The number of benzene rings is 1. The van der Waals surface area contributed by atoms with E-state index < -0.39 is 0 Å². The van der Waals surface area contributed by atoms with Crippen LogP contribution in [0.3, 0.4) is 0 Å². The number of fused-ring (bicyclic) bond motifs is 1. The van der Waals surface area contributed by atoms with Crippen LogP contribution in [0.5, 0.6) is 0 Å². The van der Waals surface area contributed by atoms with Crippen LogP contribution >= 0.6 is 15.9 Å². The second kappa shape index (κ2) is 4.18. The molecule has 0 aliphatic heterocycles. The Labute approximate surface area is 109 Å². The van der Waals surface area contributed by atoms with E-state index in [1.807, 2.05) is 24.1 Å². The first-order chi connectivity index (χ1) is 8.22. The fraction of sp³-hybridized carbons (Fsp3) is 0.308. The second-order valence-corrected chi connectivity index (χ2v) is 5.40. The highest BCUT2D eigenvalue weighted by Crippen LogP contribution is 2.35. The molecule has 1 atom stereocenters. The third-order valence-corrected chi connectivity index (χ3v) is 3.72. The van der Waals surface area contributed by atoms with Crippen molar-refractivity contribution in [3.63, 3.8) is 0 Å². The molecule has 0 saturated heterocycles. The van der Waals surface area contributed by atoms with E-state index in [0.717, 1.165) is 18.5 Å². The van der Waals surface area contributed by atoms with Crippen LogP contribution in [-0.2, 0) is 13.5 Å². The van der Waals surface area contributed by atoms with E-state index in [-0.39, 0.29) is 0 Å². The van der Waals surface area contributed by atoms with Crippen LogP contribution in [-0.4, -0.2) is 9.78 Å². The Kier molecular flexibility index (Phi) is 2.67. The van der Waals surface area contributed by atoms with Crippen molar-refractivity contribution in [2.45, 2.75) is 18.9 Å². The fourth-order valence-electron chi connectivity index (χ4n) is 2.43. The zero-order chi connectivity index (χ0) is 11.8. The Morgan fingerprint density at radius 2 is 2.35 bits per heavy atom. The third-order valence-electron chi connectivity index (χ3n) is 3.23. The zero-order valence-electron chi connectivity index (χ0n) is 9.65. The molecular formula is C13H14BrN3. The molecule has 0 spiro atoms. The van der Waals surface area contributed by atoms with Crippen LogP contribution < -0.4 is 5.32 Å². The van der Waals surface area contributed by atoms with Gasteiger partial charge in [0.1, 0.15) is 0 Å². The predicted molar refractivity (Wildman–Crippen MR) is 72.0 cm³/mol. The number of nitrogens with one attached hydrogen (secondary N) is 1. The van der Waals surface area contributed by atoms with Gasteiger partial charge in [-0.1, -0.05) is 22.0 Å². The third kappa shape index (κ3) is 2.09. The second-order valence-electron chi connectivity index (χ2n) is 4.48. The van der Waals surface area contributed by atoms with Gasteiger partial charge < -0.3 is 5.32 Å². The van der Waals surface area contributed by atoms with E-state index in [1.165, 1.54) is 15.6 Å². The Bertz CT molecular complexity index is 547. The first-order valence-corrected chi connectivity index (χ1v) is 6.55. The smallest absolute Gasteiger partial charge is 0.0731 e. The topological polar surface area (TPSA) is 29.9 Å². The summed E-state index contributed by atoms with van der Waals surface area (Å²) in [6.45, 7) is 0. The molecule has 0 bridgehead atoms. The number of rotatable bonds is 2. The minimum atomic E-state index is 0.419. The summed E-state index contributed by atoms with van der Waals surface area (Å²) in [5.41, 5.74) is 3.95. The van der Waals surface area contributed by atoms with Gasteiger partial charge in [-0.3, -0.25) is 4.68 Å². The summed E-state index contributed by atoms with van der Waals surface area (Å²) in [4.78, 5) is 0. The molecule has 1 aromatic heterocycles.